The molecule has 15 heavy (non-hydrogen) atoms. The fraction of sp³-hybridized carbons (Fsp3) is 0.273. The molecule has 0 aliphatic carbocycles. The van der Waals surface area contributed by atoms with Gasteiger partial charge in [0.1, 0.15) is 0 Å². The van der Waals surface area contributed by atoms with Crippen molar-refractivity contribution in [1.82, 2.24) is 10.1 Å². The Kier molecular flexibility index (Phi) is 2.78. The molecule has 0 aliphatic heterocycles. The van der Waals surface area contributed by atoms with E-state index in [-0.39, 0.29) is 12.0 Å². The molecular formula is C11H13N3O. The molecule has 0 saturated heterocycles. The highest BCUT2D eigenvalue weighted by Crippen LogP contribution is 2.25. The molecule has 2 aromatic rings. The molecule has 0 saturated carbocycles. The number of nitrogens with zero attached hydrogens (tertiary/aromatic N) is 2. The van der Waals surface area contributed by atoms with Gasteiger partial charge in [-0.05, 0) is 5.56 Å². The van der Waals surface area contributed by atoms with Gasteiger partial charge in [-0.1, -0.05) is 42.4 Å². The fourth-order valence-electron chi connectivity index (χ4n) is 1.51. The Bertz CT molecular complexity index is 399. The molecule has 0 radical (unpaired) electrons. The third kappa shape index (κ3) is 2.05. The van der Waals surface area contributed by atoms with E-state index in [1.165, 1.54) is 12.0 Å². The number of rotatable bonds is 3. The quantitative estimate of drug-likeness (QED) is 0.827. The summed E-state index contributed by atoms with van der Waals surface area (Å²) >= 11 is 0. The Morgan fingerprint density at radius 3 is 2.60 bits per heavy atom. The van der Waals surface area contributed by atoms with Crippen LogP contribution in [0.2, 0.25) is 0 Å². The first-order valence-electron chi connectivity index (χ1n) is 4.86. The van der Waals surface area contributed by atoms with Gasteiger partial charge in [-0.15, -0.1) is 0 Å². The number of nitrogens with two attached hydrogens (primary N) is 1. The lowest BCUT2D eigenvalue weighted by Crippen LogP contribution is -2.18. The fourth-order valence-corrected chi connectivity index (χ4v) is 1.51. The summed E-state index contributed by atoms with van der Waals surface area (Å²) in [6.07, 6.45) is 1.30. The molecule has 4 nitrogen and oxygen atoms in total. The topological polar surface area (TPSA) is 64.9 Å². The molecule has 1 aromatic heterocycles. The molecule has 2 atom stereocenters. The maximum atomic E-state index is 6.03. The van der Waals surface area contributed by atoms with Crippen LogP contribution in [0.3, 0.4) is 0 Å². The molecule has 0 bridgehead atoms. The summed E-state index contributed by atoms with van der Waals surface area (Å²) in [5.74, 6) is 0.718. The first kappa shape index (κ1) is 9.86. The van der Waals surface area contributed by atoms with Gasteiger partial charge in [-0.25, -0.2) is 0 Å². The van der Waals surface area contributed by atoms with Crippen molar-refractivity contribution in [2.24, 2.45) is 5.73 Å². The summed E-state index contributed by atoms with van der Waals surface area (Å²) in [7, 11) is 0. The van der Waals surface area contributed by atoms with Crippen LogP contribution in [0.15, 0.2) is 41.2 Å². The Morgan fingerprint density at radius 1 is 1.27 bits per heavy atom. The van der Waals surface area contributed by atoms with Crippen LogP contribution < -0.4 is 5.73 Å². The van der Waals surface area contributed by atoms with Gasteiger partial charge in [-0.2, -0.15) is 4.98 Å². The summed E-state index contributed by atoms with van der Waals surface area (Å²) in [5.41, 5.74) is 7.21. The highest BCUT2D eigenvalue weighted by molar-refractivity contribution is 5.21. The zero-order valence-electron chi connectivity index (χ0n) is 8.50. The second-order valence-corrected chi connectivity index (χ2v) is 3.51. The van der Waals surface area contributed by atoms with Crippen molar-refractivity contribution in [3.63, 3.8) is 0 Å². The van der Waals surface area contributed by atoms with Crippen molar-refractivity contribution in [1.29, 1.82) is 0 Å². The van der Waals surface area contributed by atoms with Crippen LogP contribution in [0.1, 0.15) is 30.3 Å². The maximum absolute atomic E-state index is 6.03. The largest absolute Gasteiger partial charge is 0.343 e. The second kappa shape index (κ2) is 4.23. The van der Waals surface area contributed by atoms with Crippen molar-refractivity contribution >= 4 is 0 Å². The van der Waals surface area contributed by atoms with E-state index in [1.807, 2.05) is 30.3 Å². The lowest BCUT2D eigenvalue weighted by Gasteiger charge is -2.16. The van der Waals surface area contributed by atoms with E-state index in [1.54, 1.807) is 0 Å². The predicted molar refractivity (Wildman–Crippen MR) is 56.1 cm³/mol. The van der Waals surface area contributed by atoms with E-state index in [2.05, 4.69) is 21.6 Å². The molecule has 4 heteroatoms. The smallest absolute Gasteiger partial charge is 0.213 e. The van der Waals surface area contributed by atoms with Crippen LogP contribution >= 0.6 is 0 Å². The third-order valence-corrected chi connectivity index (χ3v) is 2.54. The van der Waals surface area contributed by atoms with Gasteiger partial charge in [0.2, 0.25) is 6.39 Å². The molecule has 0 amide bonds. The van der Waals surface area contributed by atoms with Crippen LogP contribution in [0.4, 0.5) is 0 Å². The SMILES string of the molecule is CC(c1ccccc1)C(N)c1ncon1. The predicted octanol–water partition coefficient (Wildman–Crippen LogP) is 1.87. The Labute approximate surface area is 88.1 Å². The number of hydrogen-bond acceptors (Lipinski definition) is 4. The Hall–Kier alpha value is -1.68. The molecule has 0 spiro atoms. The summed E-state index contributed by atoms with van der Waals surface area (Å²) in [6.45, 7) is 2.05. The molecule has 2 rings (SSSR count). The minimum absolute atomic E-state index is 0.170. The van der Waals surface area contributed by atoms with Crippen LogP contribution in [-0.2, 0) is 0 Å². The Balaban J connectivity index is 2.18. The van der Waals surface area contributed by atoms with Gasteiger partial charge in [-0.3, -0.25) is 0 Å². The van der Waals surface area contributed by atoms with E-state index in [0.717, 1.165) is 0 Å². The first-order chi connectivity index (χ1) is 7.29. The standard InChI is InChI=1S/C11H13N3O/c1-8(9-5-3-2-4-6-9)10(12)11-13-7-15-14-11/h2-8,10H,12H2,1H3. The normalized spacial score (nSPS) is 14.8. The maximum Gasteiger partial charge on any atom is 0.213 e. The highest BCUT2D eigenvalue weighted by atomic mass is 16.5. The van der Waals surface area contributed by atoms with Crippen LogP contribution in [0, 0.1) is 0 Å². The Morgan fingerprint density at radius 2 is 2.00 bits per heavy atom. The molecule has 2 unspecified atom stereocenters. The summed E-state index contributed by atoms with van der Waals surface area (Å²) in [5, 5.41) is 3.75. The summed E-state index contributed by atoms with van der Waals surface area (Å²) in [6, 6.07) is 9.83. The third-order valence-electron chi connectivity index (χ3n) is 2.54. The zero-order valence-corrected chi connectivity index (χ0v) is 8.50. The van der Waals surface area contributed by atoms with Crippen molar-refractivity contribution < 1.29 is 4.52 Å². The van der Waals surface area contributed by atoms with Crippen molar-refractivity contribution in [3.05, 3.63) is 48.1 Å². The number of aromatic nitrogens is 2. The van der Waals surface area contributed by atoms with Crippen LogP contribution in [0.5, 0.6) is 0 Å². The average molecular weight is 203 g/mol. The number of benzene rings is 1. The summed E-state index contributed by atoms with van der Waals surface area (Å²) < 4.78 is 4.68. The minimum atomic E-state index is -0.230. The molecule has 2 N–H and O–H groups in total. The van der Waals surface area contributed by atoms with E-state index in [9.17, 15) is 0 Å². The van der Waals surface area contributed by atoms with Crippen LogP contribution in [0.25, 0.3) is 0 Å². The lowest BCUT2D eigenvalue weighted by molar-refractivity contribution is 0.399. The summed E-state index contributed by atoms with van der Waals surface area (Å²) in [4.78, 5) is 3.96. The molecule has 0 aliphatic rings. The zero-order chi connectivity index (χ0) is 10.7. The van der Waals surface area contributed by atoms with E-state index in [0.29, 0.717) is 5.82 Å². The molecular weight excluding hydrogens is 190 g/mol. The van der Waals surface area contributed by atoms with Crippen molar-refractivity contribution in [2.75, 3.05) is 0 Å². The van der Waals surface area contributed by atoms with E-state index < -0.39 is 0 Å². The average Bonchev–Trinajstić information content (AvgIpc) is 2.82. The molecule has 0 fully saturated rings. The van der Waals surface area contributed by atoms with Gasteiger partial charge < -0.3 is 10.3 Å². The number of hydrogen-bond donors (Lipinski definition) is 1. The van der Waals surface area contributed by atoms with Crippen LogP contribution in [-0.4, -0.2) is 10.1 Å². The van der Waals surface area contributed by atoms with Crippen molar-refractivity contribution in [3.8, 4) is 0 Å². The second-order valence-electron chi connectivity index (χ2n) is 3.51. The van der Waals surface area contributed by atoms with Gasteiger partial charge in [0, 0.05) is 5.92 Å². The molecule has 1 aromatic carbocycles. The van der Waals surface area contributed by atoms with E-state index in [4.69, 9.17) is 5.73 Å². The van der Waals surface area contributed by atoms with Gasteiger partial charge in [0.05, 0.1) is 6.04 Å². The van der Waals surface area contributed by atoms with E-state index >= 15 is 0 Å². The molecule has 1 heterocycles. The van der Waals surface area contributed by atoms with Gasteiger partial charge >= 0.3 is 0 Å². The monoisotopic (exact) mass is 203 g/mol. The molecule has 78 valence electrons. The minimum Gasteiger partial charge on any atom is -0.343 e. The van der Waals surface area contributed by atoms with Crippen molar-refractivity contribution in [2.45, 2.75) is 18.9 Å². The highest BCUT2D eigenvalue weighted by Gasteiger charge is 2.19. The van der Waals surface area contributed by atoms with Gasteiger partial charge in [0.15, 0.2) is 5.82 Å². The first-order valence-corrected chi connectivity index (χ1v) is 4.86. The lowest BCUT2D eigenvalue weighted by atomic mass is 9.93. The van der Waals surface area contributed by atoms with Gasteiger partial charge in [0.25, 0.3) is 0 Å².